The zero-order valence-electron chi connectivity index (χ0n) is 17.3. The molecule has 150 valence electrons. The molecule has 0 radical (unpaired) electrons. The van der Waals surface area contributed by atoms with Crippen LogP contribution < -0.4 is 0 Å². The molecular weight excluding hydrogens is 392 g/mol. The Morgan fingerprint density at radius 3 is 1.97 bits per heavy atom. The number of rotatable bonds is 2. The zero-order valence-corrected chi connectivity index (χ0v) is 17.3. The number of ketones is 2. The van der Waals surface area contributed by atoms with E-state index in [1.807, 2.05) is 48.5 Å². The van der Waals surface area contributed by atoms with Crippen LogP contribution in [0, 0.1) is 0 Å². The third-order valence-corrected chi connectivity index (χ3v) is 6.99. The summed E-state index contributed by atoms with van der Waals surface area (Å²) in [5, 5.41) is 0. The third-order valence-electron chi connectivity index (χ3n) is 6.99. The molecule has 2 atom stereocenters. The SMILES string of the molecule is O=C1c2ccccc2C2=C(c3ccccc3)C3C(c4ccccc4)=[O+]C12c1ccccc13. The van der Waals surface area contributed by atoms with Crippen molar-refractivity contribution in [2.45, 2.75) is 11.5 Å². The first kappa shape index (κ1) is 17.6. The summed E-state index contributed by atoms with van der Waals surface area (Å²) in [6.07, 6.45) is 0. The Morgan fingerprint density at radius 2 is 1.22 bits per heavy atom. The van der Waals surface area contributed by atoms with Gasteiger partial charge in [0.25, 0.3) is 5.78 Å². The number of allylic oxidation sites excluding steroid dienone is 1. The van der Waals surface area contributed by atoms with Gasteiger partial charge in [-0.15, -0.1) is 0 Å². The van der Waals surface area contributed by atoms with Gasteiger partial charge in [0.05, 0.1) is 16.7 Å². The minimum Gasteiger partial charge on any atom is -0.282 e. The highest BCUT2D eigenvalue weighted by atomic mass is 16.4. The molecule has 4 aromatic carbocycles. The molecule has 0 fully saturated rings. The number of Topliss-reactive ketones (excluding diaryl/α,β-unsaturated/α-hetero) is 1. The van der Waals surface area contributed by atoms with Crippen LogP contribution in [0.3, 0.4) is 0 Å². The van der Waals surface area contributed by atoms with E-state index >= 15 is 0 Å². The number of hydrogen-bond acceptors (Lipinski definition) is 1. The van der Waals surface area contributed by atoms with Crippen molar-refractivity contribution >= 4 is 22.7 Å². The van der Waals surface area contributed by atoms with Crippen LogP contribution in [0.25, 0.3) is 11.1 Å². The monoisotopic (exact) mass is 411 g/mol. The summed E-state index contributed by atoms with van der Waals surface area (Å²) in [4.78, 5) is 14.2. The van der Waals surface area contributed by atoms with Crippen LogP contribution in [0.4, 0.5) is 0 Å². The summed E-state index contributed by atoms with van der Waals surface area (Å²) in [6.45, 7) is 0. The number of carbonyl (C=O) groups excluding carboxylic acids is 2. The minimum atomic E-state index is -1.15. The van der Waals surface area contributed by atoms with Crippen LogP contribution in [-0.2, 0) is 5.60 Å². The molecule has 0 amide bonds. The van der Waals surface area contributed by atoms with Gasteiger partial charge in [0.1, 0.15) is 5.92 Å². The van der Waals surface area contributed by atoms with Crippen LogP contribution in [0.1, 0.15) is 48.5 Å². The van der Waals surface area contributed by atoms with E-state index < -0.39 is 5.60 Å². The Kier molecular flexibility index (Phi) is 3.44. The molecule has 2 aliphatic heterocycles. The van der Waals surface area contributed by atoms with Gasteiger partial charge in [-0.05, 0) is 40.5 Å². The molecule has 0 aromatic heterocycles. The van der Waals surface area contributed by atoms with Crippen molar-refractivity contribution in [1.82, 2.24) is 0 Å². The first-order chi connectivity index (χ1) is 15.8. The molecule has 8 rings (SSSR count). The fourth-order valence-electron chi connectivity index (χ4n) is 5.76. The van der Waals surface area contributed by atoms with Gasteiger partial charge in [-0.1, -0.05) is 91.0 Å². The first-order valence-electron chi connectivity index (χ1n) is 11.0. The largest absolute Gasteiger partial charge is 0.394 e. The maximum atomic E-state index is 14.2. The van der Waals surface area contributed by atoms with E-state index in [2.05, 4.69) is 60.7 Å². The number of hydrogen-bond donors (Lipinski definition) is 0. The maximum Gasteiger partial charge on any atom is 0.394 e. The standard InChI is InChI=1S/C30H19O2/c31-29-22-16-8-7-15-21(22)27-25(19-11-3-1-4-12-19)26-23-17-9-10-18-24(23)30(27,29)32-28(26)20-13-5-2-6-14-20/h1-18,26H/q+1. The van der Waals surface area contributed by atoms with E-state index in [4.69, 9.17) is 4.42 Å². The van der Waals surface area contributed by atoms with Gasteiger partial charge in [0, 0.05) is 5.56 Å². The molecule has 2 unspecified atom stereocenters. The van der Waals surface area contributed by atoms with Crippen molar-refractivity contribution in [2.24, 2.45) is 0 Å². The van der Waals surface area contributed by atoms with Crippen LogP contribution in [0.5, 0.6) is 0 Å². The summed E-state index contributed by atoms with van der Waals surface area (Å²) >= 11 is 0. The van der Waals surface area contributed by atoms with Gasteiger partial charge in [0.2, 0.25) is 0 Å². The van der Waals surface area contributed by atoms with E-state index in [-0.39, 0.29) is 11.7 Å². The Bertz CT molecular complexity index is 1480. The quantitative estimate of drug-likeness (QED) is 0.360. The van der Waals surface area contributed by atoms with Crippen molar-refractivity contribution in [2.75, 3.05) is 0 Å². The second kappa shape index (κ2) is 6.24. The molecule has 1 spiro atoms. The molecule has 32 heavy (non-hydrogen) atoms. The van der Waals surface area contributed by atoms with E-state index in [0.717, 1.165) is 44.7 Å². The molecular formula is C30H19O2+. The van der Waals surface area contributed by atoms with Crippen molar-refractivity contribution in [3.8, 4) is 0 Å². The molecule has 0 N–H and O–H groups in total. The highest BCUT2D eigenvalue weighted by Gasteiger charge is 2.70. The summed E-state index contributed by atoms with van der Waals surface area (Å²) in [5.74, 6) is 0.801. The molecule has 0 saturated carbocycles. The second-order valence-electron chi connectivity index (χ2n) is 8.56. The van der Waals surface area contributed by atoms with Crippen molar-refractivity contribution in [3.05, 3.63) is 143 Å². The number of benzene rings is 4. The first-order valence-corrected chi connectivity index (χ1v) is 11.0. The van der Waals surface area contributed by atoms with E-state index in [1.54, 1.807) is 0 Å². The summed E-state index contributed by atoms with van der Waals surface area (Å²) in [7, 11) is 0. The molecule has 0 saturated heterocycles. The van der Waals surface area contributed by atoms with Gasteiger partial charge < -0.3 is 0 Å². The van der Waals surface area contributed by atoms with E-state index in [9.17, 15) is 4.79 Å². The minimum absolute atomic E-state index is 0.0237. The molecule has 2 heterocycles. The lowest BCUT2D eigenvalue weighted by Crippen LogP contribution is -2.44. The molecule has 2 bridgehead atoms. The molecule has 2 nitrogen and oxygen atoms in total. The van der Waals surface area contributed by atoms with E-state index in [1.165, 1.54) is 5.57 Å². The van der Waals surface area contributed by atoms with Crippen LogP contribution in [-0.4, -0.2) is 11.6 Å². The fraction of sp³-hybridized carbons (Fsp3) is 0.0667. The summed E-state index contributed by atoms with van der Waals surface area (Å²) < 4.78 is 6.87. The number of carbonyl (C=O) groups is 1. The van der Waals surface area contributed by atoms with Gasteiger partial charge >= 0.3 is 11.4 Å². The lowest BCUT2D eigenvalue weighted by molar-refractivity contribution is -0.352. The summed E-state index contributed by atoms with van der Waals surface area (Å²) in [5.41, 5.74) is 7.03. The van der Waals surface area contributed by atoms with Gasteiger partial charge in [-0.2, -0.15) is 0 Å². The highest BCUT2D eigenvalue weighted by Crippen LogP contribution is 2.63. The van der Waals surface area contributed by atoms with Crippen molar-refractivity contribution in [3.63, 3.8) is 0 Å². The highest BCUT2D eigenvalue weighted by molar-refractivity contribution is 6.29. The Labute approximate surface area is 186 Å². The van der Waals surface area contributed by atoms with Gasteiger partial charge in [-0.3, -0.25) is 4.79 Å². The average Bonchev–Trinajstić information content (AvgIpc) is 3.14. The summed E-state index contributed by atoms with van der Waals surface area (Å²) in [6, 6.07) is 36.9. The average molecular weight is 411 g/mol. The molecule has 2 heteroatoms. The lowest BCUT2D eigenvalue weighted by atomic mass is 9.64. The molecule has 4 aliphatic rings. The fourth-order valence-corrected chi connectivity index (χ4v) is 5.76. The van der Waals surface area contributed by atoms with Gasteiger partial charge in [0.15, 0.2) is 0 Å². The van der Waals surface area contributed by atoms with E-state index in [0.29, 0.717) is 0 Å². The smallest absolute Gasteiger partial charge is 0.282 e. The van der Waals surface area contributed by atoms with Crippen LogP contribution in [0.15, 0.2) is 109 Å². The van der Waals surface area contributed by atoms with Crippen LogP contribution >= 0.6 is 0 Å². The normalized spacial score (nSPS) is 22.3. The Balaban J connectivity index is 1.66. The zero-order chi connectivity index (χ0) is 21.3. The number of fused-ring (bicyclic) bond motifs is 1. The van der Waals surface area contributed by atoms with Gasteiger partial charge in [-0.25, -0.2) is 4.42 Å². The van der Waals surface area contributed by atoms with Crippen molar-refractivity contribution in [1.29, 1.82) is 0 Å². The molecule has 2 aliphatic carbocycles. The second-order valence-corrected chi connectivity index (χ2v) is 8.56. The maximum absolute atomic E-state index is 14.2. The predicted molar refractivity (Wildman–Crippen MR) is 126 cm³/mol. The predicted octanol–water partition coefficient (Wildman–Crippen LogP) is 6.22. The lowest BCUT2D eigenvalue weighted by Gasteiger charge is -2.36. The van der Waals surface area contributed by atoms with Crippen LogP contribution in [0.2, 0.25) is 0 Å². The third kappa shape index (κ3) is 2.04. The Hall–Kier alpha value is -4.04. The van der Waals surface area contributed by atoms with Crippen molar-refractivity contribution < 1.29 is 9.22 Å². The Morgan fingerprint density at radius 1 is 0.625 bits per heavy atom. The molecule has 4 aromatic rings. The topological polar surface area (TPSA) is 28.4 Å².